The maximum absolute atomic E-state index is 12.9. The molecule has 1 fully saturated rings. The van der Waals surface area contributed by atoms with Crippen molar-refractivity contribution in [3.63, 3.8) is 0 Å². The Kier molecular flexibility index (Phi) is 4.78. The van der Waals surface area contributed by atoms with Crippen molar-refractivity contribution < 1.29 is 14.4 Å². The van der Waals surface area contributed by atoms with Gasteiger partial charge in [0.2, 0.25) is 12.2 Å². The number of piperazine rings is 1. The molecule has 8 nitrogen and oxygen atoms in total. The summed E-state index contributed by atoms with van der Waals surface area (Å²) in [6.07, 6.45) is 4.06. The lowest BCUT2D eigenvalue weighted by Gasteiger charge is -2.32. The molecular weight excluding hydrogens is 322 g/mol. The fourth-order valence-electron chi connectivity index (χ4n) is 2.78. The maximum Gasteiger partial charge on any atom is 0.287 e. The van der Waals surface area contributed by atoms with Gasteiger partial charge in [-0.1, -0.05) is 12.1 Å². The fourth-order valence-corrected chi connectivity index (χ4v) is 2.78. The van der Waals surface area contributed by atoms with Gasteiger partial charge in [0.05, 0.1) is 5.52 Å². The van der Waals surface area contributed by atoms with Crippen LogP contribution < -0.4 is 5.32 Å². The Morgan fingerprint density at radius 3 is 2.68 bits per heavy atom. The Morgan fingerprint density at radius 2 is 2.00 bits per heavy atom. The van der Waals surface area contributed by atoms with E-state index in [1.807, 2.05) is 0 Å². The number of nitrogens with zero attached hydrogens (tertiary/aromatic N) is 4. The predicted octanol–water partition coefficient (Wildman–Crippen LogP) is 0.164. The van der Waals surface area contributed by atoms with Crippen LogP contribution in [0.15, 0.2) is 37.1 Å². The summed E-state index contributed by atoms with van der Waals surface area (Å²) in [7, 11) is 0. The third-order valence-corrected chi connectivity index (χ3v) is 4.11. The summed E-state index contributed by atoms with van der Waals surface area (Å²) in [6.45, 7) is 5.76. The molecule has 0 atom stereocenters. The van der Waals surface area contributed by atoms with E-state index in [1.165, 1.54) is 0 Å². The van der Waals surface area contributed by atoms with Crippen LogP contribution in [0.5, 0.6) is 0 Å². The second-order valence-electron chi connectivity index (χ2n) is 5.67. The number of pyridine rings is 1. The molecule has 0 spiro atoms. The fraction of sp³-hybridized carbons (Fsp3) is 0.294. The number of aromatic nitrogens is 2. The van der Waals surface area contributed by atoms with Crippen LogP contribution in [0.1, 0.15) is 21.1 Å². The number of fused-ring (bicyclic) bond motifs is 1. The minimum absolute atomic E-state index is 0.160. The van der Waals surface area contributed by atoms with Crippen molar-refractivity contribution in [1.29, 1.82) is 0 Å². The molecule has 1 aliphatic heterocycles. The van der Waals surface area contributed by atoms with Gasteiger partial charge < -0.3 is 15.1 Å². The Labute approximate surface area is 144 Å². The second-order valence-corrected chi connectivity index (χ2v) is 5.67. The normalized spacial score (nSPS) is 14.4. The lowest BCUT2D eigenvalue weighted by molar-refractivity contribution is -0.119. The van der Waals surface area contributed by atoms with Crippen LogP contribution in [0, 0.1) is 0 Å². The van der Waals surface area contributed by atoms with Crippen molar-refractivity contribution in [2.24, 2.45) is 0 Å². The van der Waals surface area contributed by atoms with Crippen LogP contribution >= 0.6 is 0 Å². The molecule has 2 aromatic heterocycles. The molecule has 1 saturated heterocycles. The van der Waals surface area contributed by atoms with Crippen molar-refractivity contribution in [1.82, 2.24) is 24.5 Å². The van der Waals surface area contributed by atoms with E-state index in [0.717, 1.165) is 6.41 Å². The summed E-state index contributed by atoms with van der Waals surface area (Å²) >= 11 is 0. The van der Waals surface area contributed by atoms with E-state index >= 15 is 0 Å². The average Bonchev–Trinajstić information content (AvgIpc) is 3.05. The molecule has 1 N–H and O–H groups in total. The minimum atomic E-state index is -0.370. The van der Waals surface area contributed by atoms with Crippen molar-refractivity contribution in [2.75, 3.05) is 32.7 Å². The van der Waals surface area contributed by atoms with Gasteiger partial charge in [-0.05, 0) is 12.1 Å². The first-order chi connectivity index (χ1) is 12.2. The Bertz CT molecular complexity index is 821. The van der Waals surface area contributed by atoms with Crippen LogP contribution in [-0.4, -0.2) is 70.1 Å². The Balaban J connectivity index is 1.91. The highest BCUT2D eigenvalue weighted by molar-refractivity contribution is 6.02. The van der Waals surface area contributed by atoms with Crippen LogP contribution in [-0.2, 0) is 4.79 Å². The molecule has 0 aromatic carbocycles. The highest BCUT2D eigenvalue weighted by Crippen LogP contribution is 2.16. The predicted molar refractivity (Wildman–Crippen MR) is 91.3 cm³/mol. The SMILES string of the molecule is C=CCNC(=O)c1nc(C(=O)N2CCN(C=O)CC2)c2ccccn12. The number of hydrogen-bond acceptors (Lipinski definition) is 4. The molecule has 0 saturated carbocycles. The number of hydrogen-bond donors (Lipinski definition) is 1. The van der Waals surface area contributed by atoms with E-state index in [9.17, 15) is 14.4 Å². The van der Waals surface area contributed by atoms with Gasteiger partial charge in [-0.25, -0.2) is 4.98 Å². The number of nitrogens with one attached hydrogen (secondary N) is 1. The van der Waals surface area contributed by atoms with Crippen molar-refractivity contribution in [3.05, 3.63) is 48.6 Å². The topological polar surface area (TPSA) is 87.0 Å². The van der Waals surface area contributed by atoms with Crippen molar-refractivity contribution >= 4 is 23.7 Å². The zero-order chi connectivity index (χ0) is 17.8. The van der Waals surface area contributed by atoms with Crippen LogP contribution in [0.25, 0.3) is 5.52 Å². The van der Waals surface area contributed by atoms with Crippen molar-refractivity contribution in [3.8, 4) is 0 Å². The van der Waals surface area contributed by atoms with Gasteiger partial charge in [0.1, 0.15) is 0 Å². The molecule has 3 rings (SSSR count). The number of rotatable bonds is 5. The van der Waals surface area contributed by atoms with E-state index in [2.05, 4.69) is 16.9 Å². The minimum Gasteiger partial charge on any atom is -0.346 e. The smallest absolute Gasteiger partial charge is 0.287 e. The van der Waals surface area contributed by atoms with E-state index in [-0.39, 0.29) is 23.3 Å². The lowest BCUT2D eigenvalue weighted by atomic mass is 10.2. The van der Waals surface area contributed by atoms with Crippen LogP contribution in [0.2, 0.25) is 0 Å². The zero-order valence-corrected chi connectivity index (χ0v) is 13.7. The van der Waals surface area contributed by atoms with E-state index in [4.69, 9.17) is 0 Å². The quantitative estimate of drug-likeness (QED) is 0.620. The lowest BCUT2D eigenvalue weighted by Crippen LogP contribution is -2.48. The van der Waals surface area contributed by atoms with Crippen LogP contribution in [0.4, 0.5) is 0 Å². The average molecular weight is 341 g/mol. The molecule has 3 heterocycles. The highest BCUT2D eigenvalue weighted by Gasteiger charge is 2.27. The first-order valence-electron chi connectivity index (χ1n) is 8.00. The molecule has 0 unspecified atom stereocenters. The number of carbonyl (C=O) groups is 3. The first kappa shape index (κ1) is 16.7. The molecule has 3 amide bonds. The third kappa shape index (κ3) is 3.23. The summed E-state index contributed by atoms with van der Waals surface area (Å²) in [5.41, 5.74) is 0.818. The number of amides is 3. The second kappa shape index (κ2) is 7.16. The van der Waals surface area contributed by atoms with Gasteiger partial charge in [0, 0.05) is 38.9 Å². The van der Waals surface area contributed by atoms with Gasteiger partial charge in [0.25, 0.3) is 11.8 Å². The summed E-state index contributed by atoms with van der Waals surface area (Å²) in [4.78, 5) is 43.5. The molecule has 0 aliphatic carbocycles. The molecular formula is C17H19N5O3. The monoisotopic (exact) mass is 341 g/mol. The molecule has 1 aliphatic rings. The molecule has 2 aromatic rings. The largest absolute Gasteiger partial charge is 0.346 e. The van der Waals surface area contributed by atoms with E-state index < -0.39 is 0 Å². The summed E-state index contributed by atoms with van der Waals surface area (Å²) in [6, 6.07) is 5.33. The van der Waals surface area contributed by atoms with Gasteiger partial charge in [-0.2, -0.15) is 0 Å². The third-order valence-electron chi connectivity index (χ3n) is 4.11. The summed E-state index contributed by atoms with van der Waals surface area (Å²) in [5, 5.41) is 2.68. The number of carbonyl (C=O) groups excluding carboxylic acids is 3. The molecule has 130 valence electrons. The maximum atomic E-state index is 12.9. The molecule has 0 bridgehead atoms. The molecule has 25 heavy (non-hydrogen) atoms. The van der Waals surface area contributed by atoms with Crippen molar-refractivity contribution in [2.45, 2.75) is 0 Å². The van der Waals surface area contributed by atoms with Gasteiger partial charge in [-0.3, -0.25) is 18.8 Å². The Hall–Kier alpha value is -3.16. The first-order valence-corrected chi connectivity index (χ1v) is 8.00. The standard InChI is InChI=1S/C17H19N5O3/c1-2-6-18-16(24)15-19-14(13-5-3-4-7-22(13)15)17(25)21-10-8-20(12-23)9-11-21/h2-5,7,12H,1,6,8-11H2,(H,18,24). The van der Waals surface area contributed by atoms with Gasteiger partial charge in [-0.15, -0.1) is 6.58 Å². The zero-order valence-electron chi connectivity index (χ0n) is 13.7. The summed E-state index contributed by atoms with van der Waals surface area (Å²) < 4.78 is 1.60. The molecule has 0 radical (unpaired) electrons. The van der Waals surface area contributed by atoms with Gasteiger partial charge >= 0.3 is 0 Å². The molecule has 8 heteroatoms. The van der Waals surface area contributed by atoms with E-state index in [0.29, 0.717) is 38.2 Å². The van der Waals surface area contributed by atoms with Crippen LogP contribution in [0.3, 0.4) is 0 Å². The highest BCUT2D eigenvalue weighted by atomic mass is 16.2. The van der Waals surface area contributed by atoms with E-state index in [1.54, 1.807) is 44.7 Å². The summed E-state index contributed by atoms with van der Waals surface area (Å²) in [5.74, 6) is -0.449. The van der Waals surface area contributed by atoms with Gasteiger partial charge in [0.15, 0.2) is 5.69 Å². The number of imidazole rings is 1. The Morgan fingerprint density at radius 1 is 1.24 bits per heavy atom.